The molecule has 8 heteroatoms. The molecular weight excluding hydrogens is 384 g/mol. The summed E-state index contributed by atoms with van der Waals surface area (Å²) in [5, 5.41) is 17.7. The Balaban J connectivity index is 1.95. The zero-order valence-corrected chi connectivity index (χ0v) is 18.9. The zero-order valence-electron chi connectivity index (χ0n) is 18.9. The molecule has 30 heavy (non-hydrogen) atoms. The molecule has 3 amide bonds. The van der Waals surface area contributed by atoms with E-state index >= 15 is 0 Å². The lowest BCUT2D eigenvalue weighted by atomic mass is 9.69. The Bertz CT molecular complexity index is 639. The molecule has 2 aliphatic carbocycles. The van der Waals surface area contributed by atoms with Gasteiger partial charge in [0.2, 0.25) is 5.91 Å². The van der Waals surface area contributed by atoms with Crippen molar-refractivity contribution in [3.63, 3.8) is 0 Å². The van der Waals surface area contributed by atoms with Gasteiger partial charge in [-0.3, -0.25) is 4.79 Å². The van der Waals surface area contributed by atoms with Gasteiger partial charge in [0.25, 0.3) is 0 Å². The van der Waals surface area contributed by atoms with E-state index in [1.54, 1.807) is 0 Å². The number of aliphatic carboxylic acids is 1. The summed E-state index contributed by atoms with van der Waals surface area (Å²) in [5.41, 5.74) is 5.70. The number of carbonyl (C=O) groups excluding carboxylic acids is 2. The molecule has 172 valence electrons. The fourth-order valence-electron chi connectivity index (χ4n) is 5.36. The van der Waals surface area contributed by atoms with E-state index in [-0.39, 0.29) is 22.8 Å². The van der Waals surface area contributed by atoms with Gasteiger partial charge in [-0.1, -0.05) is 34.1 Å². The van der Waals surface area contributed by atoms with Crippen molar-refractivity contribution in [2.45, 2.75) is 97.2 Å². The summed E-state index contributed by atoms with van der Waals surface area (Å²) < 4.78 is 0. The van der Waals surface area contributed by atoms with Crippen LogP contribution in [0.15, 0.2) is 0 Å². The maximum Gasteiger partial charge on any atom is 0.326 e. The van der Waals surface area contributed by atoms with Crippen LogP contribution < -0.4 is 21.7 Å². The summed E-state index contributed by atoms with van der Waals surface area (Å²) in [7, 11) is 0. The molecule has 8 nitrogen and oxygen atoms in total. The average molecular weight is 425 g/mol. The third kappa shape index (κ3) is 5.07. The summed E-state index contributed by atoms with van der Waals surface area (Å²) in [6.07, 6.45) is 6.13. The Morgan fingerprint density at radius 1 is 1.10 bits per heavy atom. The number of nitrogens with one attached hydrogen (secondary N) is 3. The van der Waals surface area contributed by atoms with Gasteiger partial charge in [0, 0.05) is 6.04 Å². The van der Waals surface area contributed by atoms with Gasteiger partial charge in [0.1, 0.15) is 12.1 Å². The first-order chi connectivity index (χ1) is 14.1. The molecule has 0 radical (unpaired) electrons. The molecule has 0 unspecified atom stereocenters. The second kappa shape index (κ2) is 9.98. The molecule has 0 saturated heterocycles. The maximum absolute atomic E-state index is 13.0. The number of fused-ring (bicyclic) bond motifs is 2. The number of carboxylic acid groups (broad SMARTS) is 1. The molecule has 2 rings (SSSR count). The lowest BCUT2D eigenvalue weighted by Crippen LogP contribution is -2.56. The van der Waals surface area contributed by atoms with Gasteiger partial charge in [-0.2, -0.15) is 0 Å². The van der Waals surface area contributed by atoms with Gasteiger partial charge in [0.05, 0.1) is 0 Å². The summed E-state index contributed by atoms with van der Waals surface area (Å²) in [4.78, 5) is 36.8. The highest BCUT2D eigenvalue weighted by atomic mass is 16.4. The van der Waals surface area contributed by atoms with Crippen molar-refractivity contribution in [2.24, 2.45) is 22.5 Å². The number of unbranched alkanes of at least 4 members (excludes halogenated alkanes) is 1. The molecule has 5 atom stereocenters. The number of hydrogen-bond acceptors (Lipinski definition) is 4. The largest absolute Gasteiger partial charge is 0.480 e. The second-order valence-corrected chi connectivity index (χ2v) is 9.81. The molecule has 0 aromatic heterocycles. The smallest absolute Gasteiger partial charge is 0.326 e. The number of rotatable bonds is 11. The van der Waals surface area contributed by atoms with Crippen LogP contribution in [-0.4, -0.2) is 47.7 Å². The third-order valence-electron chi connectivity index (χ3n) is 7.86. The number of carboxylic acids is 1. The lowest BCUT2D eigenvalue weighted by molar-refractivity contribution is -0.139. The topological polar surface area (TPSA) is 134 Å². The van der Waals surface area contributed by atoms with Gasteiger partial charge < -0.3 is 26.8 Å². The van der Waals surface area contributed by atoms with E-state index in [0.29, 0.717) is 38.1 Å². The molecule has 0 aromatic carbocycles. The average Bonchev–Trinajstić information content (AvgIpc) is 3.00. The lowest BCUT2D eigenvalue weighted by Gasteiger charge is -2.40. The Labute approximate surface area is 180 Å². The highest BCUT2D eigenvalue weighted by Gasteiger charge is 2.61. The van der Waals surface area contributed by atoms with E-state index in [1.807, 2.05) is 6.92 Å². The normalized spacial score (nSPS) is 28.6. The van der Waals surface area contributed by atoms with Crippen LogP contribution in [0.3, 0.4) is 0 Å². The maximum atomic E-state index is 13.0. The SMILES string of the molecule is CCC[C@@H](NC(=O)N[C@@H](CCCCN)C(=O)O)C(=O)N[C@H]1C[C@H]2CC[C@]1(C)C2(C)C. The first-order valence-electron chi connectivity index (χ1n) is 11.4. The molecule has 2 fully saturated rings. The fourth-order valence-corrected chi connectivity index (χ4v) is 5.36. The first kappa shape index (κ1) is 24.4. The van der Waals surface area contributed by atoms with Crippen molar-refractivity contribution in [3.8, 4) is 0 Å². The van der Waals surface area contributed by atoms with Gasteiger partial charge in [-0.05, 0) is 68.2 Å². The van der Waals surface area contributed by atoms with E-state index in [9.17, 15) is 19.5 Å². The quantitative estimate of drug-likeness (QED) is 0.325. The van der Waals surface area contributed by atoms with Crippen molar-refractivity contribution in [2.75, 3.05) is 6.54 Å². The van der Waals surface area contributed by atoms with Crippen molar-refractivity contribution in [3.05, 3.63) is 0 Å². The standard InChI is InChI=1S/C22H40N4O4/c1-5-8-15(24-20(30)25-16(19(28)29)9-6-7-12-23)18(27)26-17-13-14-10-11-22(17,4)21(14,2)3/h14-17H,5-13,23H2,1-4H3,(H,26,27)(H,28,29)(H2,24,25,30)/t14-,15-,16+,17+,22+/m1/s1. The number of urea groups is 1. The van der Waals surface area contributed by atoms with Crippen molar-refractivity contribution < 1.29 is 19.5 Å². The molecule has 0 aromatic rings. The van der Waals surface area contributed by atoms with Crippen LogP contribution in [0, 0.1) is 16.7 Å². The molecule has 2 saturated carbocycles. The van der Waals surface area contributed by atoms with Gasteiger partial charge in [-0.15, -0.1) is 0 Å². The molecule has 0 heterocycles. The number of amides is 3. The predicted molar refractivity (Wildman–Crippen MR) is 116 cm³/mol. The fraction of sp³-hybridized carbons (Fsp3) is 0.864. The predicted octanol–water partition coefficient (Wildman–Crippen LogP) is 2.37. The minimum Gasteiger partial charge on any atom is -0.480 e. The van der Waals surface area contributed by atoms with Crippen molar-refractivity contribution >= 4 is 17.9 Å². The molecule has 0 aliphatic heterocycles. The van der Waals surface area contributed by atoms with E-state index in [0.717, 1.165) is 19.3 Å². The van der Waals surface area contributed by atoms with Crippen LogP contribution in [0.2, 0.25) is 0 Å². The summed E-state index contributed by atoms with van der Waals surface area (Å²) >= 11 is 0. The monoisotopic (exact) mass is 424 g/mol. The summed E-state index contributed by atoms with van der Waals surface area (Å²) in [6, 6.07) is -2.19. The third-order valence-corrected chi connectivity index (χ3v) is 7.86. The van der Waals surface area contributed by atoms with Crippen LogP contribution in [0.4, 0.5) is 4.79 Å². The Morgan fingerprint density at radius 2 is 1.77 bits per heavy atom. The van der Waals surface area contributed by atoms with E-state index in [2.05, 4.69) is 36.7 Å². The van der Waals surface area contributed by atoms with E-state index in [1.165, 1.54) is 6.42 Å². The number of hydrogen-bond donors (Lipinski definition) is 5. The zero-order chi connectivity index (χ0) is 22.5. The summed E-state index contributed by atoms with van der Waals surface area (Å²) in [6.45, 7) is 9.29. The number of nitrogens with two attached hydrogens (primary N) is 1. The van der Waals surface area contributed by atoms with E-state index in [4.69, 9.17) is 5.73 Å². The Kier molecular flexibility index (Phi) is 8.13. The molecule has 6 N–H and O–H groups in total. The van der Waals surface area contributed by atoms with Gasteiger partial charge in [-0.25, -0.2) is 9.59 Å². The van der Waals surface area contributed by atoms with Gasteiger partial charge in [0.15, 0.2) is 0 Å². The van der Waals surface area contributed by atoms with Crippen LogP contribution >= 0.6 is 0 Å². The minimum atomic E-state index is -1.09. The van der Waals surface area contributed by atoms with E-state index < -0.39 is 24.1 Å². The van der Waals surface area contributed by atoms with Crippen molar-refractivity contribution in [1.82, 2.24) is 16.0 Å². The second-order valence-electron chi connectivity index (χ2n) is 9.81. The van der Waals surface area contributed by atoms with Crippen LogP contribution in [0.5, 0.6) is 0 Å². The van der Waals surface area contributed by atoms with Crippen molar-refractivity contribution in [1.29, 1.82) is 0 Å². The molecular formula is C22H40N4O4. The van der Waals surface area contributed by atoms with Gasteiger partial charge >= 0.3 is 12.0 Å². The molecule has 2 bridgehead atoms. The highest BCUT2D eigenvalue weighted by Crippen LogP contribution is 2.65. The summed E-state index contributed by atoms with van der Waals surface area (Å²) in [5.74, 6) is -0.661. The van der Waals surface area contributed by atoms with Crippen LogP contribution in [-0.2, 0) is 9.59 Å². The Morgan fingerprint density at radius 3 is 2.27 bits per heavy atom. The molecule has 2 aliphatic rings. The van der Waals surface area contributed by atoms with Crippen LogP contribution in [0.1, 0.15) is 79.1 Å². The number of carbonyl (C=O) groups is 3. The molecule has 0 spiro atoms. The van der Waals surface area contributed by atoms with Crippen LogP contribution in [0.25, 0.3) is 0 Å². The first-order valence-corrected chi connectivity index (χ1v) is 11.4. The highest BCUT2D eigenvalue weighted by molar-refractivity contribution is 5.89. The Hall–Kier alpha value is -1.83. The minimum absolute atomic E-state index is 0.0593.